The Labute approximate surface area is 115 Å². The molecule has 0 atom stereocenters. The summed E-state index contributed by atoms with van der Waals surface area (Å²) in [6.45, 7) is 0. The van der Waals surface area contributed by atoms with Crippen LogP contribution in [0.4, 0.5) is 18.9 Å². The van der Waals surface area contributed by atoms with E-state index in [4.69, 9.17) is 0 Å². The second-order valence-electron chi connectivity index (χ2n) is 3.59. The SMILES string of the molecule is CNc1cc(-c2cnc(C(F)(F)F)nc2)ncc1Br. The highest BCUT2D eigenvalue weighted by Crippen LogP contribution is 2.28. The van der Waals surface area contributed by atoms with E-state index >= 15 is 0 Å². The number of hydrogen-bond donors (Lipinski definition) is 1. The maximum Gasteiger partial charge on any atom is 0.451 e. The minimum Gasteiger partial charge on any atom is -0.387 e. The van der Waals surface area contributed by atoms with Crippen molar-refractivity contribution in [3.8, 4) is 11.3 Å². The fourth-order valence-corrected chi connectivity index (χ4v) is 1.81. The summed E-state index contributed by atoms with van der Waals surface area (Å²) in [6, 6.07) is 1.69. The van der Waals surface area contributed by atoms with Gasteiger partial charge in [0.15, 0.2) is 0 Å². The van der Waals surface area contributed by atoms with Crippen molar-refractivity contribution in [1.82, 2.24) is 15.0 Å². The van der Waals surface area contributed by atoms with E-state index in [0.717, 1.165) is 22.6 Å². The third kappa shape index (κ3) is 3.01. The number of halogens is 4. The topological polar surface area (TPSA) is 50.7 Å². The average Bonchev–Trinajstić information content (AvgIpc) is 2.38. The van der Waals surface area contributed by atoms with Crippen LogP contribution in [0, 0.1) is 0 Å². The number of aromatic nitrogens is 3. The van der Waals surface area contributed by atoms with E-state index < -0.39 is 12.0 Å². The van der Waals surface area contributed by atoms with E-state index in [1.54, 1.807) is 19.3 Å². The number of alkyl halides is 3. The van der Waals surface area contributed by atoms with E-state index in [1.165, 1.54) is 0 Å². The molecule has 100 valence electrons. The first-order valence-corrected chi connectivity index (χ1v) is 5.94. The molecule has 2 aromatic heterocycles. The number of rotatable bonds is 2. The van der Waals surface area contributed by atoms with Crippen LogP contribution in [0.3, 0.4) is 0 Å². The normalized spacial score (nSPS) is 11.4. The van der Waals surface area contributed by atoms with E-state index in [9.17, 15) is 13.2 Å². The van der Waals surface area contributed by atoms with Crippen LogP contribution >= 0.6 is 15.9 Å². The number of pyridine rings is 1. The second kappa shape index (κ2) is 5.12. The van der Waals surface area contributed by atoms with Gasteiger partial charge in [-0.05, 0) is 22.0 Å². The number of hydrogen-bond acceptors (Lipinski definition) is 4. The summed E-state index contributed by atoms with van der Waals surface area (Å²) in [5.41, 5.74) is 1.67. The average molecular weight is 333 g/mol. The van der Waals surface area contributed by atoms with Crippen molar-refractivity contribution in [1.29, 1.82) is 0 Å². The lowest BCUT2D eigenvalue weighted by molar-refractivity contribution is -0.144. The third-order valence-corrected chi connectivity index (χ3v) is 2.96. The standard InChI is InChI=1S/C11H8BrF3N4/c1-16-9-2-8(17-5-7(9)12)6-3-18-10(19-4-6)11(13,14)15/h2-5H,1H3,(H,16,17). The zero-order valence-corrected chi connectivity index (χ0v) is 11.2. The molecule has 0 bridgehead atoms. The summed E-state index contributed by atoms with van der Waals surface area (Å²) in [5, 5.41) is 2.93. The zero-order valence-electron chi connectivity index (χ0n) is 9.66. The molecule has 0 spiro atoms. The highest BCUT2D eigenvalue weighted by molar-refractivity contribution is 9.10. The van der Waals surface area contributed by atoms with Crippen molar-refractivity contribution in [2.75, 3.05) is 12.4 Å². The Morgan fingerprint density at radius 1 is 1.11 bits per heavy atom. The first-order chi connectivity index (χ1) is 8.91. The molecule has 0 aliphatic rings. The van der Waals surface area contributed by atoms with Gasteiger partial charge < -0.3 is 5.32 Å². The minimum atomic E-state index is -4.54. The number of nitrogens with zero attached hydrogens (tertiary/aromatic N) is 3. The largest absolute Gasteiger partial charge is 0.451 e. The van der Waals surface area contributed by atoms with Crippen molar-refractivity contribution in [3.63, 3.8) is 0 Å². The molecule has 19 heavy (non-hydrogen) atoms. The van der Waals surface area contributed by atoms with Gasteiger partial charge in [-0.25, -0.2) is 9.97 Å². The Morgan fingerprint density at radius 2 is 1.74 bits per heavy atom. The van der Waals surface area contributed by atoms with Crippen molar-refractivity contribution in [3.05, 3.63) is 35.0 Å². The molecule has 0 saturated carbocycles. The Morgan fingerprint density at radius 3 is 2.26 bits per heavy atom. The summed E-state index contributed by atoms with van der Waals surface area (Å²) in [4.78, 5) is 10.7. The van der Waals surface area contributed by atoms with Crippen LogP contribution in [-0.4, -0.2) is 22.0 Å². The molecule has 2 aromatic rings. The molecule has 2 heterocycles. The van der Waals surface area contributed by atoms with Crippen molar-refractivity contribution < 1.29 is 13.2 Å². The van der Waals surface area contributed by atoms with Gasteiger partial charge in [-0.15, -0.1) is 0 Å². The first kappa shape index (κ1) is 13.7. The molecular formula is C11H8BrF3N4. The molecule has 0 radical (unpaired) electrons. The molecule has 8 heteroatoms. The van der Waals surface area contributed by atoms with Crippen LogP contribution in [0.2, 0.25) is 0 Å². The molecular weight excluding hydrogens is 325 g/mol. The molecule has 0 saturated heterocycles. The van der Waals surface area contributed by atoms with Crippen LogP contribution in [-0.2, 0) is 6.18 Å². The fraction of sp³-hybridized carbons (Fsp3) is 0.182. The third-order valence-electron chi connectivity index (χ3n) is 2.33. The maximum absolute atomic E-state index is 12.3. The summed E-state index contributed by atoms with van der Waals surface area (Å²) < 4.78 is 37.8. The molecule has 0 fully saturated rings. The van der Waals surface area contributed by atoms with Gasteiger partial charge in [-0.2, -0.15) is 13.2 Å². The van der Waals surface area contributed by atoms with E-state index in [2.05, 4.69) is 36.2 Å². The van der Waals surface area contributed by atoms with Gasteiger partial charge in [-0.1, -0.05) is 0 Å². The minimum absolute atomic E-state index is 0.414. The summed E-state index contributed by atoms with van der Waals surface area (Å²) in [6.07, 6.45) is -0.780. The molecule has 1 N–H and O–H groups in total. The van der Waals surface area contributed by atoms with Crippen LogP contribution in [0.15, 0.2) is 29.1 Å². The van der Waals surface area contributed by atoms with Gasteiger partial charge in [0.2, 0.25) is 5.82 Å². The zero-order chi connectivity index (χ0) is 14.0. The molecule has 0 unspecified atom stereocenters. The van der Waals surface area contributed by atoms with Crippen molar-refractivity contribution in [2.45, 2.75) is 6.18 Å². The van der Waals surface area contributed by atoms with Gasteiger partial charge in [0.05, 0.1) is 15.9 Å². The highest BCUT2D eigenvalue weighted by atomic mass is 79.9. The Hall–Kier alpha value is -1.70. The quantitative estimate of drug-likeness (QED) is 0.916. The summed E-state index contributed by atoms with van der Waals surface area (Å²) in [7, 11) is 1.73. The Bertz CT molecular complexity index is 583. The number of anilines is 1. The van der Waals surface area contributed by atoms with Gasteiger partial charge >= 0.3 is 6.18 Å². The maximum atomic E-state index is 12.3. The monoisotopic (exact) mass is 332 g/mol. The predicted molar refractivity (Wildman–Crippen MR) is 67.5 cm³/mol. The van der Waals surface area contributed by atoms with E-state index in [0.29, 0.717) is 11.3 Å². The highest BCUT2D eigenvalue weighted by Gasteiger charge is 2.34. The van der Waals surface area contributed by atoms with Crippen LogP contribution < -0.4 is 5.32 Å². The summed E-state index contributed by atoms with van der Waals surface area (Å²) in [5.74, 6) is -1.16. The lowest BCUT2D eigenvalue weighted by Crippen LogP contribution is -2.10. The van der Waals surface area contributed by atoms with E-state index in [1.807, 2.05) is 0 Å². The molecule has 0 aliphatic carbocycles. The van der Waals surface area contributed by atoms with Crippen LogP contribution in [0.5, 0.6) is 0 Å². The Balaban J connectivity index is 2.37. The van der Waals surface area contributed by atoms with Gasteiger partial charge in [0.25, 0.3) is 0 Å². The lowest BCUT2D eigenvalue weighted by Gasteiger charge is -2.07. The Kier molecular flexibility index (Phi) is 3.70. The lowest BCUT2D eigenvalue weighted by atomic mass is 10.2. The second-order valence-corrected chi connectivity index (χ2v) is 4.45. The smallest absolute Gasteiger partial charge is 0.387 e. The first-order valence-electron chi connectivity index (χ1n) is 5.14. The molecule has 0 aliphatic heterocycles. The predicted octanol–water partition coefficient (Wildman–Crippen LogP) is 3.36. The molecule has 0 amide bonds. The van der Waals surface area contributed by atoms with Crippen molar-refractivity contribution in [2.24, 2.45) is 0 Å². The van der Waals surface area contributed by atoms with Crippen molar-refractivity contribution >= 4 is 21.6 Å². The van der Waals surface area contributed by atoms with Gasteiger partial charge in [0, 0.05) is 31.2 Å². The summed E-state index contributed by atoms with van der Waals surface area (Å²) >= 11 is 3.30. The van der Waals surface area contributed by atoms with E-state index in [-0.39, 0.29) is 0 Å². The fourth-order valence-electron chi connectivity index (χ4n) is 1.39. The molecule has 4 nitrogen and oxygen atoms in total. The molecule has 0 aromatic carbocycles. The molecule has 2 rings (SSSR count). The van der Waals surface area contributed by atoms with Gasteiger partial charge in [0.1, 0.15) is 0 Å². The van der Waals surface area contributed by atoms with Crippen LogP contribution in [0.1, 0.15) is 5.82 Å². The van der Waals surface area contributed by atoms with Crippen LogP contribution in [0.25, 0.3) is 11.3 Å². The van der Waals surface area contributed by atoms with Gasteiger partial charge in [-0.3, -0.25) is 4.98 Å². The number of nitrogens with one attached hydrogen (secondary N) is 1.